The van der Waals surface area contributed by atoms with E-state index in [9.17, 15) is 16.8 Å². The van der Waals surface area contributed by atoms with E-state index in [-0.39, 0.29) is 21.4 Å². The van der Waals surface area contributed by atoms with Crippen LogP contribution in [0.5, 0.6) is 0 Å². The molecule has 0 aliphatic heterocycles. The van der Waals surface area contributed by atoms with Crippen LogP contribution in [0.4, 0.5) is 11.6 Å². The number of benzene rings is 4. The number of nitrogens with zero attached hydrogens (tertiary/aromatic N) is 2. The molecule has 0 aliphatic rings. The van der Waals surface area contributed by atoms with Crippen LogP contribution >= 0.6 is 23.2 Å². The maximum absolute atomic E-state index is 12.5. The Morgan fingerprint density at radius 1 is 0.480 bits per heavy atom. The van der Waals surface area contributed by atoms with E-state index in [1.165, 1.54) is 23.3 Å². The van der Waals surface area contributed by atoms with Gasteiger partial charge in [0, 0.05) is 22.4 Å². The van der Waals surface area contributed by atoms with Crippen LogP contribution < -0.4 is 9.44 Å². The van der Waals surface area contributed by atoms with Gasteiger partial charge in [0.15, 0.2) is 0 Å². The Labute approximate surface area is 303 Å². The monoisotopic (exact) mass is 744 g/mol. The van der Waals surface area contributed by atoms with Crippen molar-refractivity contribution in [3.63, 3.8) is 0 Å². The quantitative estimate of drug-likeness (QED) is 0.145. The summed E-state index contributed by atoms with van der Waals surface area (Å²) in [4.78, 5) is 8.73. The molecule has 256 valence electrons. The van der Waals surface area contributed by atoms with Crippen molar-refractivity contribution in [3.8, 4) is 0 Å². The van der Waals surface area contributed by atoms with Crippen molar-refractivity contribution >= 4 is 54.9 Å². The molecule has 0 bridgehead atoms. The van der Waals surface area contributed by atoms with Crippen LogP contribution in [0.25, 0.3) is 0 Å². The first-order valence-corrected chi connectivity index (χ1v) is 19.2. The summed E-state index contributed by atoms with van der Waals surface area (Å²) >= 11 is 12.0. The van der Waals surface area contributed by atoms with Gasteiger partial charge < -0.3 is 0 Å². The Hall–Kier alpha value is -4.74. The minimum absolute atomic E-state index is 0.148. The lowest BCUT2D eigenvalue weighted by molar-refractivity contribution is 0.598. The van der Waals surface area contributed by atoms with E-state index in [0.29, 0.717) is 21.2 Å². The van der Waals surface area contributed by atoms with Gasteiger partial charge in [0.2, 0.25) is 0 Å². The molecule has 0 aliphatic carbocycles. The summed E-state index contributed by atoms with van der Waals surface area (Å²) in [6, 6.07) is 36.7. The van der Waals surface area contributed by atoms with Crippen LogP contribution in [-0.2, 0) is 32.9 Å². The van der Waals surface area contributed by atoms with Gasteiger partial charge in [-0.25, -0.2) is 26.8 Å². The number of hydrogen-bond acceptors (Lipinski definition) is 6. The molecule has 6 rings (SSSR count). The smallest absolute Gasteiger partial charge is 0.263 e. The lowest BCUT2D eigenvalue weighted by Crippen LogP contribution is -2.15. The Balaban J connectivity index is 0.000000194. The molecule has 8 nitrogen and oxygen atoms in total. The number of rotatable bonds is 10. The minimum Gasteiger partial charge on any atom is -0.263 e. The Morgan fingerprint density at radius 3 is 1.20 bits per heavy atom. The third-order valence-corrected chi connectivity index (χ3v) is 11.5. The number of halogens is 2. The van der Waals surface area contributed by atoms with Crippen LogP contribution in [0.1, 0.15) is 33.4 Å². The second-order valence-electron chi connectivity index (χ2n) is 11.4. The predicted octanol–water partition coefficient (Wildman–Crippen LogP) is 8.87. The van der Waals surface area contributed by atoms with Crippen molar-refractivity contribution in [2.45, 2.75) is 36.5 Å². The van der Waals surface area contributed by atoms with Crippen molar-refractivity contribution in [1.82, 2.24) is 9.97 Å². The summed E-state index contributed by atoms with van der Waals surface area (Å²) in [7, 11) is -7.47. The highest BCUT2D eigenvalue weighted by Crippen LogP contribution is 2.26. The van der Waals surface area contributed by atoms with E-state index >= 15 is 0 Å². The van der Waals surface area contributed by atoms with E-state index in [1.54, 1.807) is 62.6 Å². The van der Waals surface area contributed by atoms with Crippen LogP contribution in [-0.4, -0.2) is 26.8 Å². The summed E-state index contributed by atoms with van der Waals surface area (Å²) in [6.07, 6.45) is 4.84. The molecule has 0 saturated heterocycles. The van der Waals surface area contributed by atoms with Crippen molar-refractivity contribution in [2.75, 3.05) is 9.44 Å². The number of aromatic nitrogens is 2. The first-order chi connectivity index (χ1) is 23.9. The fourth-order valence-electron chi connectivity index (χ4n) is 4.98. The maximum atomic E-state index is 12.5. The topological polar surface area (TPSA) is 118 Å². The van der Waals surface area contributed by atoms with E-state index in [1.807, 2.05) is 72.8 Å². The Kier molecular flexibility index (Phi) is 11.9. The summed E-state index contributed by atoms with van der Waals surface area (Å²) < 4.78 is 55.2. The molecule has 0 radical (unpaired) electrons. The SMILES string of the molecule is Cc1c(Cl)cccc1S(=O)(=O)Nc1ccc(Cc2ccccc2)cn1.Cc1c(Cl)cccc1S(=O)(=O)Nc1ccc(Cc2ccccc2)cn1. The zero-order valence-corrected chi connectivity index (χ0v) is 30.4. The number of hydrogen-bond donors (Lipinski definition) is 2. The van der Waals surface area contributed by atoms with Crippen LogP contribution in [0.3, 0.4) is 0 Å². The van der Waals surface area contributed by atoms with Crippen molar-refractivity contribution in [1.29, 1.82) is 0 Å². The molecule has 12 heteroatoms. The van der Waals surface area contributed by atoms with Gasteiger partial charge in [0.25, 0.3) is 20.0 Å². The highest BCUT2D eigenvalue weighted by molar-refractivity contribution is 7.93. The average molecular weight is 746 g/mol. The van der Waals surface area contributed by atoms with Gasteiger partial charge >= 0.3 is 0 Å². The normalized spacial score (nSPS) is 11.3. The lowest BCUT2D eigenvalue weighted by Gasteiger charge is -2.11. The fraction of sp³-hybridized carbons (Fsp3) is 0.105. The van der Waals surface area contributed by atoms with Crippen molar-refractivity contribution in [3.05, 3.63) is 177 Å². The highest BCUT2D eigenvalue weighted by Gasteiger charge is 2.20. The molecule has 2 heterocycles. The van der Waals surface area contributed by atoms with Gasteiger partial charge in [0.05, 0.1) is 9.79 Å². The van der Waals surface area contributed by atoms with Crippen molar-refractivity contribution < 1.29 is 16.8 Å². The van der Waals surface area contributed by atoms with Gasteiger partial charge in [-0.1, -0.05) is 108 Å². The summed E-state index contributed by atoms with van der Waals surface area (Å²) in [6.45, 7) is 3.35. The van der Waals surface area contributed by atoms with Crippen LogP contribution in [0.15, 0.2) is 144 Å². The molecule has 0 amide bonds. The minimum atomic E-state index is -3.74. The molecule has 0 saturated carbocycles. The maximum Gasteiger partial charge on any atom is 0.263 e. The van der Waals surface area contributed by atoms with E-state index < -0.39 is 20.0 Å². The third-order valence-electron chi connectivity index (χ3n) is 7.64. The molecule has 0 spiro atoms. The first kappa shape index (κ1) is 36.5. The fourth-order valence-corrected chi connectivity index (χ4v) is 8.00. The van der Waals surface area contributed by atoms with Crippen LogP contribution in [0.2, 0.25) is 10.0 Å². The van der Waals surface area contributed by atoms with Crippen LogP contribution in [0, 0.1) is 13.8 Å². The first-order valence-electron chi connectivity index (χ1n) is 15.4. The molecule has 2 aromatic heterocycles. The van der Waals surface area contributed by atoms with E-state index in [0.717, 1.165) is 24.0 Å². The third kappa shape index (κ3) is 9.70. The zero-order chi connectivity index (χ0) is 35.7. The Bertz CT molecular complexity index is 2110. The number of sulfonamides is 2. The second-order valence-corrected chi connectivity index (χ2v) is 15.5. The van der Waals surface area contributed by atoms with Gasteiger partial charge in [0.1, 0.15) is 11.6 Å². The number of nitrogens with one attached hydrogen (secondary N) is 2. The number of pyridine rings is 2. The predicted molar refractivity (Wildman–Crippen MR) is 201 cm³/mol. The number of anilines is 2. The molecule has 0 unspecified atom stereocenters. The molecule has 0 atom stereocenters. The van der Waals surface area contributed by atoms with E-state index in [4.69, 9.17) is 23.2 Å². The summed E-state index contributed by atoms with van der Waals surface area (Å²) in [5.41, 5.74) is 5.38. The highest BCUT2D eigenvalue weighted by atomic mass is 35.5. The molecule has 4 aromatic carbocycles. The van der Waals surface area contributed by atoms with Gasteiger partial charge in [-0.15, -0.1) is 0 Å². The average Bonchev–Trinajstić information content (AvgIpc) is 3.10. The lowest BCUT2D eigenvalue weighted by atomic mass is 10.1. The second kappa shape index (κ2) is 16.3. The van der Waals surface area contributed by atoms with Gasteiger partial charge in [-0.05, 0) is 96.5 Å². The summed E-state index contributed by atoms with van der Waals surface area (Å²) in [5, 5.41) is 0.822. The standard InChI is InChI=1S/2C19H17ClN2O2S/c2*1-14-17(20)8-5-9-18(14)25(23,24)22-19-11-10-16(13-21-19)12-15-6-3-2-4-7-15/h2*2-11,13H,12H2,1H3,(H,21,22). The van der Waals surface area contributed by atoms with E-state index in [2.05, 4.69) is 19.4 Å². The van der Waals surface area contributed by atoms with Crippen molar-refractivity contribution in [2.24, 2.45) is 0 Å². The summed E-state index contributed by atoms with van der Waals surface area (Å²) in [5.74, 6) is 0.548. The molecule has 0 fully saturated rings. The molecule has 2 N–H and O–H groups in total. The van der Waals surface area contributed by atoms with Gasteiger partial charge in [-0.2, -0.15) is 0 Å². The zero-order valence-electron chi connectivity index (χ0n) is 27.2. The van der Waals surface area contributed by atoms with Gasteiger partial charge in [-0.3, -0.25) is 9.44 Å². The molecular weight excluding hydrogens is 711 g/mol. The molecule has 6 aromatic rings. The largest absolute Gasteiger partial charge is 0.263 e. The molecular formula is C38H34Cl2N4O4S2. The molecule has 50 heavy (non-hydrogen) atoms. The Morgan fingerprint density at radius 2 is 0.860 bits per heavy atom.